The van der Waals surface area contributed by atoms with Crippen LogP contribution in [0, 0.1) is 0 Å². The van der Waals surface area contributed by atoms with Crippen molar-refractivity contribution < 1.29 is 4.79 Å². The standard InChI is InChI=1S/C23H26N4OS2/c1-3-14-27-21(16-29-15-19-8-6-5-7-9-19)25-26-23(27)30-17-22(28)24-20-12-10-18(4-2)11-13-20/h3,5-13H,1,4,14-17H2,2H3,(H,24,28). The number of allylic oxidation sites excluding steroid dienone is 1. The van der Waals surface area contributed by atoms with Crippen LogP contribution in [0.3, 0.4) is 0 Å². The van der Waals surface area contributed by atoms with Gasteiger partial charge in [-0.3, -0.25) is 4.79 Å². The first-order valence-corrected chi connectivity index (χ1v) is 12.0. The van der Waals surface area contributed by atoms with Gasteiger partial charge in [0, 0.05) is 18.0 Å². The highest BCUT2D eigenvalue weighted by atomic mass is 32.2. The van der Waals surface area contributed by atoms with Gasteiger partial charge in [0.05, 0.1) is 11.5 Å². The molecule has 2 aromatic carbocycles. The number of rotatable bonds is 11. The van der Waals surface area contributed by atoms with Gasteiger partial charge in [0.25, 0.3) is 0 Å². The Labute approximate surface area is 186 Å². The third kappa shape index (κ3) is 6.50. The fraction of sp³-hybridized carbons (Fsp3) is 0.261. The lowest BCUT2D eigenvalue weighted by molar-refractivity contribution is -0.113. The molecule has 0 radical (unpaired) electrons. The number of aryl methyl sites for hydroxylation is 1. The molecule has 0 saturated carbocycles. The number of anilines is 1. The van der Waals surface area contributed by atoms with Gasteiger partial charge in [-0.05, 0) is 29.7 Å². The second-order valence-electron chi connectivity index (χ2n) is 6.66. The molecule has 1 N–H and O–H groups in total. The maximum absolute atomic E-state index is 12.3. The van der Waals surface area contributed by atoms with Crippen molar-refractivity contribution in [3.63, 3.8) is 0 Å². The van der Waals surface area contributed by atoms with Crippen molar-refractivity contribution in [2.24, 2.45) is 0 Å². The molecule has 0 unspecified atom stereocenters. The number of amides is 1. The Morgan fingerprint density at radius 1 is 1.07 bits per heavy atom. The predicted octanol–water partition coefficient (Wildman–Crippen LogP) is 5.19. The van der Waals surface area contributed by atoms with E-state index in [1.807, 2.05) is 53.1 Å². The van der Waals surface area contributed by atoms with E-state index in [0.29, 0.717) is 6.54 Å². The SMILES string of the molecule is C=CCn1c(CSCc2ccccc2)nnc1SCC(=O)Nc1ccc(CC)cc1. The molecule has 156 valence electrons. The Morgan fingerprint density at radius 3 is 2.53 bits per heavy atom. The zero-order chi connectivity index (χ0) is 21.2. The van der Waals surface area contributed by atoms with Crippen LogP contribution in [0.15, 0.2) is 72.4 Å². The van der Waals surface area contributed by atoms with Crippen LogP contribution in [0.5, 0.6) is 0 Å². The van der Waals surface area contributed by atoms with Crippen LogP contribution < -0.4 is 5.32 Å². The van der Waals surface area contributed by atoms with Gasteiger partial charge in [0.1, 0.15) is 5.82 Å². The monoisotopic (exact) mass is 438 g/mol. The van der Waals surface area contributed by atoms with E-state index in [2.05, 4.69) is 41.1 Å². The third-order valence-corrected chi connectivity index (χ3v) is 6.39. The highest BCUT2D eigenvalue weighted by Crippen LogP contribution is 2.22. The second kappa shape index (κ2) is 11.6. The van der Waals surface area contributed by atoms with E-state index in [0.717, 1.165) is 34.6 Å². The quantitative estimate of drug-likeness (QED) is 0.330. The summed E-state index contributed by atoms with van der Waals surface area (Å²) in [7, 11) is 0. The van der Waals surface area contributed by atoms with E-state index in [1.54, 1.807) is 11.8 Å². The second-order valence-corrected chi connectivity index (χ2v) is 8.59. The maximum atomic E-state index is 12.3. The largest absolute Gasteiger partial charge is 0.325 e. The molecule has 0 fully saturated rings. The van der Waals surface area contributed by atoms with Gasteiger partial charge in [-0.2, -0.15) is 0 Å². The highest BCUT2D eigenvalue weighted by molar-refractivity contribution is 7.99. The van der Waals surface area contributed by atoms with E-state index in [4.69, 9.17) is 0 Å². The summed E-state index contributed by atoms with van der Waals surface area (Å²) >= 11 is 3.19. The lowest BCUT2D eigenvalue weighted by Gasteiger charge is -2.08. The first-order chi connectivity index (χ1) is 14.7. The number of aromatic nitrogens is 3. The molecule has 0 aliphatic rings. The fourth-order valence-corrected chi connectivity index (χ4v) is 4.52. The van der Waals surface area contributed by atoms with Crippen LogP contribution in [0.1, 0.15) is 23.9 Å². The number of carbonyl (C=O) groups excluding carboxylic acids is 1. The molecule has 1 aromatic heterocycles. The normalized spacial score (nSPS) is 10.7. The maximum Gasteiger partial charge on any atom is 0.234 e. The van der Waals surface area contributed by atoms with Gasteiger partial charge >= 0.3 is 0 Å². The Balaban J connectivity index is 1.54. The molecule has 1 heterocycles. The Hall–Kier alpha value is -2.51. The minimum Gasteiger partial charge on any atom is -0.325 e. The first kappa shape index (κ1) is 22.2. The Kier molecular flexibility index (Phi) is 8.59. The summed E-state index contributed by atoms with van der Waals surface area (Å²) in [4.78, 5) is 12.3. The van der Waals surface area contributed by atoms with E-state index >= 15 is 0 Å². The smallest absolute Gasteiger partial charge is 0.234 e. The fourth-order valence-electron chi connectivity index (χ4n) is 2.83. The summed E-state index contributed by atoms with van der Waals surface area (Å²) in [5, 5.41) is 12.3. The van der Waals surface area contributed by atoms with Crippen molar-refractivity contribution in [3.8, 4) is 0 Å². The van der Waals surface area contributed by atoms with Crippen LogP contribution in [0.2, 0.25) is 0 Å². The molecule has 0 spiro atoms. The topological polar surface area (TPSA) is 59.8 Å². The minimum atomic E-state index is -0.0580. The zero-order valence-electron chi connectivity index (χ0n) is 17.1. The van der Waals surface area contributed by atoms with Crippen molar-refractivity contribution in [2.45, 2.75) is 36.6 Å². The highest BCUT2D eigenvalue weighted by Gasteiger charge is 2.14. The van der Waals surface area contributed by atoms with E-state index in [1.165, 1.54) is 22.9 Å². The predicted molar refractivity (Wildman–Crippen MR) is 127 cm³/mol. The van der Waals surface area contributed by atoms with Crippen LogP contribution in [0.4, 0.5) is 5.69 Å². The summed E-state index contributed by atoms with van der Waals surface area (Å²) in [6.07, 6.45) is 2.81. The summed E-state index contributed by atoms with van der Waals surface area (Å²) in [5.41, 5.74) is 3.34. The number of thioether (sulfide) groups is 2. The molecule has 0 aliphatic heterocycles. The van der Waals surface area contributed by atoms with Crippen molar-refractivity contribution in [1.29, 1.82) is 0 Å². The van der Waals surface area contributed by atoms with Crippen molar-refractivity contribution in [2.75, 3.05) is 11.1 Å². The van der Waals surface area contributed by atoms with Crippen LogP contribution in [0.25, 0.3) is 0 Å². The number of nitrogens with one attached hydrogen (secondary N) is 1. The Bertz CT molecular complexity index is 955. The molecule has 7 heteroatoms. The molecule has 0 bridgehead atoms. The minimum absolute atomic E-state index is 0.0580. The van der Waals surface area contributed by atoms with Gasteiger partial charge < -0.3 is 9.88 Å². The summed E-state index contributed by atoms with van der Waals surface area (Å²) in [5.74, 6) is 2.80. The van der Waals surface area contributed by atoms with Crippen molar-refractivity contribution in [3.05, 3.63) is 84.2 Å². The average Bonchev–Trinajstić information content (AvgIpc) is 3.15. The molecule has 5 nitrogen and oxygen atoms in total. The van der Waals surface area contributed by atoms with Crippen molar-refractivity contribution in [1.82, 2.24) is 14.8 Å². The van der Waals surface area contributed by atoms with Crippen LogP contribution in [-0.4, -0.2) is 26.4 Å². The molecule has 1 amide bonds. The number of hydrogen-bond donors (Lipinski definition) is 1. The van der Waals surface area contributed by atoms with Gasteiger partial charge in [-0.1, -0.05) is 67.2 Å². The number of nitrogens with zero attached hydrogens (tertiary/aromatic N) is 3. The molecule has 0 saturated heterocycles. The van der Waals surface area contributed by atoms with Crippen LogP contribution in [-0.2, 0) is 29.3 Å². The molecule has 3 aromatic rings. The molecule has 0 aliphatic carbocycles. The van der Waals surface area contributed by atoms with Gasteiger partial charge in [0.15, 0.2) is 5.16 Å². The van der Waals surface area contributed by atoms with E-state index in [9.17, 15) is 4.79 Å². The van der Waals surface area contributed by atoms with E-state index in [-0.39, 0.29) is 11.7 Å². The van der Waals surface area contributed by atoms with E-state index < -0.39 is 0 Å². The third-order valence-electron chi connectivity index (χ3n) is 4.43. The van der Waals surface area contributed by atoms with Gasteiger partial charge in [-0.15, -0.1) is 28.5 Å². The number of benzene rings is 2. The summed E-state index contributed by atoms with van der Waals surface area (Å²) < 4.78 is 2.03. The summed E-state index contributed by atoms with van der Waals surface area (Å²) in [6, 6.07) is 18.3. The number of hydrogen-bond acceptors (Lipinski definition) is 5. The zero-order valence-corrected chi connectivity index (χ0v) is 18.7. The molecular formula is C23H26N4OS2. The molecule has 30 heavy (non-hydrogen) atoms. The lowest BCUT2D eigenvalue weighted by atomic mass is 10.1. The molecule has 3 rings (SSSR count). The summed E-state index contributed by atoms with van der Waals surface area (Å²) in [6.45, 7) is 6.57. The van der Waals surface area contributed by atoms with Crippen LogP contribution >= 0.6 is 23.5 Å². The molecular weight excluding hydrogens is 412 g/mol. The lowest BCUT2D eigenvalue weighted by Crippen LogP contribution is -2.14. The molecule has 0 atom stereocenters. The average molecular weight is 439 g/mol. The van der Waals surface area contributed by atoms with Gasteiger partial charge in [-0.25, -0.2) is 0 Å². The number of carbonyl (C=O) groups is 1. The first-order valence-electron chi connectivity index (χ1n) is 9.85. The Morgan fingerprint density at radius 2 is 1.83 bits per heavy atom. The van der Waals surface area contributed by atoms with Gasteiger partial charge in [0.2, 0.25) is 5.91 Å². The van der Waals surface area contributed by atoms with Crippen molar-refractivity contribution >= 4 is 35.1 Å².